The second-order valence-corrected chi connectivity index (χ2v) is 5.40. The van der Waals surface area contributed by atoms with Gasteiger partial charge < -0.3 is 9.47 Å². The third-order valence-corrected chi connectivity index (χ3v) is 4.20. The fourth-order valence-corrected chi connectivity index (χ4v) is 3.10. The van der Waals surface area contributed by atoms with Crippen LogP contribution in [0, 0.1) is 5.92 Å². The lowest BCUT2D eigenvalue weighted by atomic mass is 9.92. The fraction of sp³-hybridized carbons (Fsp3) is 0.600. The van der Waals surface area contributed by atoms with E-state index in [0.29, 0.717) is 12.0 Å². The predicted molar refractivity (Wildman–Crippen MR) is 74.5 cm³/mol. The lowest BCUT2D eigenvalue weighted by Crippen LogP contribution is -2.25. The quantitative estimate of drug-likeness (QED) is 0.759. The van der Waals surface area contributed by atoms with Crippen molar-refractivity contribution in [1.29, 1.82) is 0 Å². The molecule has 0 saturated carbocycles. The van der Waals surface area contributed by atoms with Gasteiger partial charge >= 0.3 is 0 Å². The van der Waals surface area contributed by atoms with Gasteiger partial charge in [-0.05, 0) is 37.0 Å². The highest BCUT2D eigenvalue weighted by atomic mass is 35.5. The van der Waals surface area contributed by atoms with Crippen molar-refractivity contribution < 1.29 is 9.47 Å². The van der Waals surface area contributed by atoms with Crippen molar-refractivity contribution in [1.82, 2.24) is 0 Å². The van der Waals surface area contributed by atoms with E-state index in [4.69, 9.17) is 21.1 Å². The van der Waals surface area contributed by atoms with E-state index in [9.17, 15) is 0 Å². The molecule has 18 heavy (non-hydrogen) atoms. The van der Waals surface area contributed by atoms with Gasteiger partial charge in [-0.1, -0.05) is 19.1 Å². The summed E-state index contributed by atoms with van der Waals surface area (Å²) in [6.07, 6.45) is 3.38. The van der Waals surface area contributed by atoms with E-state index < -0.39 is 0 Å². The second kappa shape index (κ2) is 6.44. The first kappa shape index (κ1) is 13.7. The van der Waals surface area contributed by atoms with Crippen LogP contribution < -0.4 is 4.74 Å². The summed E-state index contributed by atoms with van der Waals surface area (Å²) >= 11 is 6.56. The van der Waals surface area contributed by atoms with Gasteiger partial charge in [0.15, 0.2) is 0 Å². The Hall–Kier alpha value is -0.730. The normalized spacial score (nSPS) is 25.1. The molecule has 1 fully saturated rings. The first-order valence-corrected chi connectivity index (χ1v) is 7.06. The second-order valence-electron chi connectivity index (χ2n) is 4.84. The van der Waals surface area contributed by atoms with Crippen molar-refractivity contribution in [2.24, 2.45) is 5.92 Å². The number of alkyl halides is 1. The molecular weight excluding hydrogens is 248 g/mol. The van der Waals surface area contributed by atoms with Gasteiger partial charge in [-0.2, -0.15) is 0 Å². The molecule has 1 aromatic rings. The molecule has 0 radical (unpaired) electrons. The minimum atomic E-state index is 0.158. The number of rotatable bonds is 5. The zero-order chi connectivity index (χ0) is 13.0. The Bertz CT molecular complexity index is 363. The topological polar surface area (TPSA) is 18.5 Å². The molecule has 1 aromatic carbocycles. The van der Waals surface area contributed by atoms with Crippen LogP contribution in [0.2, 0.25) is 0 Å². The van der Waals surface area contributed by atoms with Crippen LogP contribution in [0.4, 0.5) is 0 Å². The number of hydrogen-bond donors (Lipinski definition) is 0. The SMILES string of the molecule is CCC1OCCC1C(Cl)Cc1ccc(OC)cc1. The molecule has 0 amide bonds. The zero-order valence-electron chi connectivity index (χ0n) is 11.1. The molecule has 1 aliphatic rings. The zero-order valence-corrected chi connectivity index (χ0v) is 11.8. The minimum absolute atomic E-state index is 0.158. The molecule has 3 heteroatoms. The Morgan fingerprint density at radius 3 is 2.72 bits per heavy atom. The van der Waals surface area contributed by atoms with E-state index in [1.807, 2.05) is 12.1 Å². The predicted octanol–water partition coefficient (Wildman–Crippen LogP) is 3.66. The molecule has 0 spiro atoms. The van der Waals surface area contributed by atoms with Crippen LogP contribution >= 0.6 is 11.6 Å². The van der Waals surface area contributed by atoms with E-state index in [2.05, 4.69) is 19.1 Å². The van der Waals surface area contributed by atoms with Gasteiger partial charge in [-0.3, -0.25) is 0 Å². The first-order chi connectivity index (χ1) is 8.74. The van der Waals surface area contributed by atoms with Crippen LogP contribution in [0.3, 0.4) is 0 Å². The standard InChI is InChI=1S/C15H21ClO2/c1-3-15-13(8-9-18-15)14(16)10-11-4-6-12(17-2)7-5-11/h4-7,13-15H,3,8-10H2,1-2H3. The van der Waals surface area contributed by atoms with Crippen molar-refractivity contribution in [2.75, 3.05) is 13.7 Å². The molecular formula is C15H21ClO2. The van der Waals surface area contributed by atoms with Gasteiger partial charge in [0.2, 0.25) is 0 Å². The van der Waals surface area contributed by atoms with Gasteiger partial charge in [0.1, 0.15) is 5.75 Å². The summed E-state index contributed by atoms with van der Waals surface area (Å²) in [6.45, 7) is 3.02. The highest BCUT2D eigenvalue weighted by Crippen LogP contribution is 2.31. The maximum atomic E-state index is 6.56. The summed E-state index contributed by atoms with van der Waals surface area (Å²) in [5, 5.41) is 0.158. The van der Waals surface area contributed by atoms with Gasteiger partial charge in [-0.15, -0.1) is 11.6 Å². The summed E-state index contributed by atoms with van der Waals surface area (Å²) in [7, 11) is 1.68. The van der Waals surface area contributed by atoms with Crippen molar-refractivity contribution in [3.05, 3.63) is 29.8 Å². The summed E-state index contributed by atoms with van der Waals surface area (Å²) in [5.74, 6) is 1.37. The van der Waals surface area contributed by atoms with Crippen LogP contribution in [0.15, 0.2) is 24.3 Å². The average Bonchev–Trinajstić information content (AvgIpc) is 2.88. The molecule has 2 rings (SSSR count). The molecule has 0 N–H and O–H groups in total. The summed E-state index contributed by atoms with van der Waals surface area (Å²) < 4.78 is 10.9. The van der Waals surface area contributed by atoms with Crippen LogP contribution in [-0.4, -0.2) is 25.2 Å². The van der Waals surface area contributed by atoms with Gasteiger partial charge in [-0.25, -0.2) is 0 Å². The van der Waals surface area contributed by atoms with E-state index in [0.717, 1.165) is 31.6 Å². The van der Waals surface area contributed by atoms with Gasteiger partial charge in [0.25, 0.3) is 0 Å². The monoisotopic (exact) mass is 268 g/mol. The molecule has 1 aliphatic heterocycles. The largest absolute Gasteiger partial charge is 0.497 e. The Kier molecular flexibility index (Phi) is 4.90. The van der Waals surface area contributed by atoms with Crippen molar-refractivity contribution in [2.45, 2.75) is 37.7 Å². The van der Waals surface area contributed by atoms with E-state index >= 15 is 0 Å². The molecule has 1 saturated heterocycles. The summed E-state index contributed by atoms with van der Waals surface area (Å²) in [5.41, 5.74) is 1.26. The van der Waals surface area contributed by atoms with Crippen molar-refractivity contribution >= 4 is 11.6 Å². The minimum Gasteiger partial charge on any atom is -0.497 e. The van der Waals surface area contributed by atoms with E-state index in [1.165, 1.54) is 5.56 Å². The Morgan fingerprint density at radius 2 is 2.11 bits per heavy atom. The molecule has 1 heterocycles. The van der Waals surface area contributed by atoms with Gasteiger partial charge in [0.05, 0.1) is 13.2 Å². The Labute approximate surface area is 114 Å². The number of hydrogen-bond acceptors (Lipinski definition) is 2. The van der Waals surface area contributed by atoms with Crippen molar-refractivity contribution in [3.63, 3.8) is 0 Å². The molecule has 0 bridgehead atoms. The Morgan fingerprint density at radius 1 is 1.39 bits per heavy atom. The molecule has 3 unspecified atom stereocenters. The molecule has 100 valence electrons. The van der Waals surface area contributed by atoms with Gasteiger partial charge in [0, 0.05) is 17.9 Å². The highest BCUT2D eigenvalue weighted by Gasteiger charge is 2.32. The fourth-order valence-electron chi connectivity index (χ4n) is 2.64. The molecule has 2 nitrogen and oxygen atoms in total. The van der Waals surface area contributed by atoms with Crippen LogP contribution in [-0.2, 0) is 11.2 Å². The Balaban J connectivity index is 1.95. The molecule has 0 aliphatic carbocycles. The highest BCUT2D eigenvalue weighted by molar-refractivity contribution is 6.21. The van der Waals surface area contributed by atoms with Crippen LogP contribution in [0.1, 0.15) is 25.3 Å². The third kappa shape index (κ3) is 3.18. The maximum absolute atomic E-state index is 6.56. The van der Waals surface area contributed by atoms with E-state index in [1.54, 1.807) is 7.11 Å². The van der Waals surface area contributed by atoms with E-state index in [-0.39, 0.29) is 5.38 Å². The summed E-state index contributed by atoms with van der Waals surface area (Å²) in [6, 6.07) is 8.15. The lowest BCUT2D eigenvalue weighted by Gasteiger charge is -2.22. The third-order valence-electron chi connectivity index (χ3n) is 3.72. The average molecular weight is 269 g/mol. The molecule has 0 aromatic heterocycles. The number of benzene rings is 1. The number of ether oxygens (including phenoxy) is 2. The first-order valence-electron chi connectivity index (χ1n) is 6.63. The smallest absolute Gasteiger partial charge is 0.118 e. The number of methoxy groups -OCH3 is 1. The van der Waals surface area contributed by atoms with Crippen LogP contribution in [0.5, 0.6) is 5.75 Å². The summed E-state index contributed by atoms with van der Waals surface area (Å²) in [4.78, 5) is 0. The maximum Gasteiger partial charge on any atom is 0.118 e. The van der Waals surface area contributed by atoms with Crippen molar-refractivity contribution in [3.8, 4) is 5.75 Å². The van der Waals surface area contributed by atoms with Crippen LogP contribution in [0.25, 0.3) is 0 Å². The number of halogens is 1. The molecule has 3 atom stereocenters. The lowest BCUT2D eigenvalue weighted by molar-refractivity contribution is 0.0865.